The maximum absolute atomic E-state index is 13.1. The zero-order valence-electron chi connectivity index (χ0n) is 15.6. The van der Waals surface area contributed by atoms with Crippen LogP contribution in [0.4, 0.5) is 0 Å². The minimum absolute atomic E-state index is 0.194. The molecule has 0 aliphatic heterocycles. The molecule has 0 heterocycles. The monoisotopic (exact) mass is 382 g/mol. The molecule has 0 aliphatic rings. The van der Waals surface area contributed by atoms with Crippen LogP contribution in [0.15, 0.2) is 71.6 Å². The Kier molecular flexibility index (Phi) is 6.26. The molecule has 5 heteroatoms. The molecular formula is C22H26N2O2S. The van der Waals surface area contributed by atoms with Crippen molar-refractivity contribution in [1.29, 1.82) is 0 Å². The molecule has 0 unspecified atom stereocenters. The van der Waals surface area contributed by atoms with E-state index in [1.165, 1.54) is 5.56 Å². The molecule has 0 aromatic heterocycles. The molecule has 0 amide bonds. The molecule has 142 valence electrons. The first-order chi connectivity index (χ1) is 13.0. The van der Waals surface area contributed by atoms with Crippen LogP contribution in [0, 0.1) is 6.92 Å². The Morgan fingerprint density at radius 2 is 1.56 bits per heavy atom. The average molecular weight is 383 g/mol. The largest absolute Gasteiger partial charge is 0.330 e. The topological polar surface area (TPSA) is 72.2 Å². The van der Waals surface area contributed by atoms with Gasteiger partial charge >= 0.3 is 0 Å². The minimum atomic E-state index is -3.63. The molecule has 27 heavy (non-hydrogen) atoms. The van der Waals surface area contributed by atoms with Crippen LogP contribution in [0.5, 0.6) is 0 Å². The number of aryl methyl sites for hydroxylation is 2. The highest BCUT2D eigenvalue weighted by atomic mass is 32.2. The molecule has 0 spiro atoms. The van der Waals surface area contributed by atoms with Gasteiger partial charge in [0.15, 0.2) is 0 Å². The predicted molar refractivity (Wildman–Crippen MR) is 111 cm³/mol. The molecule has 0 aliphatic carbocycles. The van der Waals surface area contributed by atoms with Crippen LogP contribution in [-0.4, -0.2) is 21.0 Å². The Morgan fingerprint density at radius 3 is 2.26 bits per heavy atom. The molecule has 3 N–H and O–H groups in total. The summed E-state index contributed by atoms with van der Waals surface area (Å²) in [4.78, 5) is 0.324. The number of nitrogens with two attached hydrogens (primary N) is 1. The fourth-order valence-electron chi connectivity index (χ4n) is 3.39. The number of rotatable bonds is 8. The van der Waals surface area contributed by atoms with Crippen molar-refractivity contribution in [2.45, 2.75) is 37.1 Å². The van der Waals surface area contributed by atoms with Crippen molar-refractivity contribution in [3.63, 3.8) is 0 Å². The van der Waals surface area contributed by atoms with Gasteiger partial charge in [0.25, 0.3) is 0 Å². The molecule has 0 radical (unpaired) electrons. The van der Waals surface area contributed by atoms with Gasteiger partial charge in [0, 0.05) is 11.4 Å². The summed E-state index contributed by atoms with van der Waals surface area (Å²) in [6.45, 7) is 2.43. The van der Waals surface area contributed by atoms with E-state index >= 15 is 0 Å². The highest BCUT2D eigenvalue weighted by Crippen LogP contribution is 2.26. The predicted octanol–water partition coefficient (Wildman–Crippen LogP) is 3.78. The number of sulfonamides is 1. The van der Waals surface area contributed by atoms with Crippen LogP contribution in [0.25, 0.3) is 10.8 Å². The number of hydrogen-bond donors (Lipinski definition) is 2. The molecular weight excluding hydrogens is 356 g/mol. The third-order valence-electron chi connectivity index (χ3n) is 4.85. The van der Waals surface area contributed by atoms with E-state index in [4.69, 9.17) is 5.73 Å². The zero-order valence-corrected chi connectivity index (χ0v) is 16.4. The van der Waals surface area contributed by atoms with Gasteiger partial charge in [-0.2, -0.15) is 0 Å². The molecule has 3 rings (SSSR count). The lowest BCUT2D eigenvalue weighted by Gasteiger charge is -2.19. The van der Waals surface area contributed by atoms with Crippen molar-refractivity contribution in [2.75, 3.05) is 6.54 Å². The number of fused-ring (bicyclic) bond motifs is 1. The number of benzene rings is 3. The van der Waals surface area contributed by atoms with E-state index < -0.39 is 10.0 Å². The van der Waals surface area contributed by atoms with Crippen molar-refractivity contribution in [2.24, 2.45) is 5.73 Å². The van der Waals surface area contributed by atoms with Crippen LogP contribution in [0.3, 0.4) is 0 Å². The molecule has 3 aromatic carbocycles. The van der Waals surface area contributed by atoms with E-state index in [0.29, 0.717) is 24.3 Å². The van der Waals surface area contributed by atoms with Crippen LogP contribution < -0.4 is 10.5 Å². The summed E-state index contributed by atoms with van der Waals surface area (Å²) >= 11 is 0. The third kappa shape index (κ3) is 4.75. The molecule has 4 nitrogen and oxygen atoms in total. The van der Waals surface area contributed by atoms with Gasteiger partial charge in [-0.1, -0.05) is 60.7 Å². The maximum atomic E-state index is 13.1. The lowest BCUT2D eigenvalue weighted by atomic mass is 10.0. The second kappa shape index (κ2) is 8.65. The fraction of sp³-hybridized carbons (Fsp3) is 0.273. The van der Waals surface area contributed by atoms with Crippen molar-refractivity contribution in [3.8, 4) is 0 Å². The van der Waals surface area contributed by atoms with E-state index in [1.54, 1.807) is 6.07 Å². The van der Waals surface area contributed by atoms with Crippen molar-refractivity contribution in [3.05, 3.63) is 77.9 Å². The van der Waals surface area contributed by atoms with Gasteiger partial charge in [-0.05, 0) is 55.3 Å². The molecule has 1 atom stereocenters. The van der Waals surface area contributed by atoms with E-state index in [1.807, 2.05) is 55.5 Å². The van der Waals surface area contributed by atoms with Gasteiger partial charge in [-0.25, -0.2) is 13.1 Å². The maximum Gasteiger partial charge on any atom is 0.241 e. The van der Waals surface area contributed by atoms with Crippen LogP contribution in [-0.2, 0) is 16.4 Å². The highest BCUT2D eigenvalue weighted by molar-refractivity contribution is 7.89. The summed E-state index contributed by atoms with van der Waals surface area (Å²) in [6, 6.07) is 21.1. The first-order valence-corrected chi connectivity index (χ1v) is 10.7. The lowest BCUT2D eigenvalue weighted by molar-refractivity contribution is 0.507. The minimum Gasteiger partial charge on any atom is -0.330 e. The van der Waals surface area contributed by atoms with Gasteiger partial charge in [-0.15, -0.1) is 0 Å². The number of nitrogens with one attached hydrogen (secondary N) is 1. The van der Waals surface area contributed by atoms with Gasteiger partial charge in [0.05, 0.1) is 4.90 Å². The molecule has 0 fully saturated rings. The van der Waals surface area contributed by atoms with Gasteiger partial charge in [0.1, 0.15) is 0 Å². The Bertz CT molecular complexity index is 1000. The summed E-state index contributed by atoms with van der Waals surface area (Å²) in [6.07, 6.45) is 2.13. The van der Waals surface area contributed by atoms with Gasteiger partial charge in [-0.3, -0.25) is 0 Å². The van der Waals surface area contributed by atoms with Crippen LogP contribution >= 0.6 is 0 Å². The summed E-state index contributed by atoms with van der Waals surface area (Å²) in [5, 5.41) is 1.71. The van der Waals surface area contributed by atoms with Gasteiger partial charge < -0.3 is 5.73 Å². The van der Waals surface area contributed by atoms with Crippen molar-refractivity contribution < 1.29 is 8.42 Å². The SMILES string of the molecule is Cc1ccc(S(=O)(=O)N[C@@H](CCN)CCc2ccccc2)c2ccccc12. The zero-order chi connectivity index (χ0) is 19.3. The molecule has 0 bridgehead atoms. The lowest BCUT2D eigenvalue weighted by Crippen LogP contribution is -2.36. The van der Waals surface area contributed by atoms with E-state index in [-0.39, 0.29) is 6.04 Å². The Morgan fingerprint density at radius 1 is 0.889 bits per heavy atom. The quantitative estimate of drug-likeness (QED) is 0.623. The Labute approximate surface area is 161 Å². The van der Waals surface area contributed by atoms with E-state index in [0.717, 1.165) is 22.8 Å². The van der Waals surface area contributed by atoms with E-state index in [9.17, 15) is 8.42 Å². The second-order valence-electron chi connectivity index (χ2n) is 6.85. The Balaban J connectivity index is 1.84. The molecule has 0 saturated carbocycles. The first kappa shape index (κ1) is 19.5. The summed E-state index contributed by atoms with van der Waals surface area (Å²) < 4.78 is 29.1. The summed E-state index contributed by atoms with van der Waals surface area (Å²) in [5.41, 5.74) is 7.99. The fourth-order valence-corrected chi connectivity index (χ4v) is 4.90. The Hall–Kier alpha value is -2.21. The number of hydrogen-bond acceptors (Lipinski definition) is 3. The third-order valence-corrected chi connectivity index (χ3v) is 6.43. The van der Waals surface area contributed by atoms with Crippen LogP contribution in [0.2, 0.25) is 0 Å². The molecule has 3 aromatic rings. The second-order valence-corrected chi connectivity index (χ2v) is 8.53. The highest BCUT2D eigenvalue weighted by Gasteiger charge is 2.22. The standard InChI is InChI=1S/C22H26N2O2S/c1-17-11-14-22(21-10-6-5-9-20(17)21)27(25,26)24-19(15-16-23)13-12-18-7-3-2-4-8-18/h2-11,14,19,24H,12-13,15-16,23H2,1H3/t19-/m1/s1. The first-order valence-electron chi connectivity index (χ1n) is 9.26. The van der Waals surface area contributed by atoms with Crippen molar-refractivity contribution >= 4 is 20.8 Å². The average Bonchev–Trinajstić information content (AvgIpc) is 2.67. The smallest absolute Gasteiger partial charge is 0.241 e. The normalized spacial score (nSPS) is 13.0. The molecule has 0 saturated heterocycles. The van der Waals surface area contributed by atoms with Gasteiger partial charge in [0.2, 0.25) is 10.0 Å². The van der Waals surface area contributed by atoms with E-state index in [2.05, 4.69) is 16.9 Å². The van der Waals surface area contributed by atoms with Crippen molar-refractivity contribution in [1.82, 2.24) is 4.72 Å². The summed E-state index contributed by atoms with van der Waals surface area (Å²) in [7, 11) is -3.63. The van der Waals surface area contributed by atoms with Crippen LogP contribution in [0.1, 0.15) is 24.0 Å². The summed E-state index contributed by atoms with van der Waals surface area (Å²) in [5.74, 6) is 0.